The predicted octanol–water partition coefficient (Wildman–Crippen LogP) is 5.54. The van der Waals surface area contributed by atoms with Crippen molar-refractivity contribution in [1.82, 2.24) is 0 Å². The standard InChI is InChI=1S/C21H18F3NO2/c1-11-14(20(26)27)8-9-17-15-6-3-7-16(15)19(25-18(11)17)12-4-2-5-13(10-12)21(22,23)24/h2-6,8-10,15-16,19,25H,7H2,1H3,(H,26,27)/t15-,16+,19+/m0/s1. The van der Waals surface area contributed by atoms with Crippen molar-refractivity contribution < 1.29 is 23.1 Å². The van der Waals surface area contributed by atoms with E-state index in [1.165, 1.54) is 12.1 Å². The van der Waals surface area contributed by atoms with Crippen LogP contribution in [0, 0.1) is 12.8 Å². The number of benzene rings is 2. The molecule has 6 heteroatoms. The molecule has 27 heavy (non-hydrogen) atoms. The van der Waals surface area contributed by atoms with Crippen molar-refractivity contribution >= 4 is 11.7 Å². The van der Waals surface area contributed by atoms with E-state index >= 15 is 0 Å². The Bertz CT molecular complexity index is 949. The van der Waals surface area contributed by atoms with E-state index < -0.39 is 17.7 Å². The summed E-state index contributed by atoms with van der Waals surface area (Å²) in [5.41, 5.74) is 2.41. The molecule has 0 unspecified atom stereocenters. The van der Waals surface area contributed by atoms with E-state index in [0.717, 1.165) is 18.1 Å². The summed E-state index contributed by atoms with van der Waals surface area (Å²) in [6, 6.07) is 8.48. The third-order valence-corrected chi connectivity index (χ3v) is 5.60. The van der Waals surface area contributed by atoms with Crippen molar-refractivity contribution in [3.8, 4) is 0 Å². The highest BCUT2D eigenvalue weighted by molar-refractivity contribution is 5.92. The fraction of sp³-hybridized carbons (Fsp3) is 0.286. The monoisotopic (exact) mass is 373 g/mol. The molecule has 0 spiro atoms. The highest BCUT2D eigenvalue weighted by Crippen LogP contribution is 2.51. The van der Waals surface area contributed by atoms with Gasteiger partial charge in [0.25, 0.3) is 0 Å². The van der Waals surface area contributed by atoms with E-state index in [1.807, 2.05) is 12.1 Å². The Morgan fingerprint density at radius 1 is 1.22 bits per heavy atom. The lowest BCUT2D eigenvalue weighted by Crippen LogP contribution is -2.30. The maximum absolute atomic E-state index is 13.1. The molecule has 0 bridgehead atoms. The smallest absolute Gasteiger partial charge is 0.416 e. The van der Waals surface area contributed by atoms with E-state index in [9.17, 15) is 23.1 Å². The zero-order chi connectivity index (χ0) is 19.3. The second-order valence-corrected chi connectivity index (χ2v) is 7.11. The van der Waals surface area contributed by atoms with Crippen molar-refractivity contribution in [1.29, 1.82) is 0 Å². The molecular formula is C21H18F3NO2. The van der Waals surface area contributed by atoms with E-state index in [1.54, 1.807) is 19.1 Å². The lowest BCUT2D eigenvalue weighted by atomic mass is 9.75. The van der Waals surface area contributed by atoms with Gasteiger partial charge in [0.15, 0.2) is 0 Å². The number of fused-ring (bicyclic) bond motifs is 3. The van der Waals surface area contributed by atoms with E-state index in [0.29, 0.717) is 16.8 Å². The van der Waals surface area contributed by atoms with Crippen LogP contribution in [-0.4, -0.2) is 11.1 Å². The molecule has 3 atom stereocenters. The number of rotatable bonds is 2. The van der Waals surface area contributed by atoms with Crippen LogP contribution in [0.2, 0.25) is 0 Å². The fourth-order valence-electron chi connectivity index (χ4n) is 4.28. The van der Waals surface area contributed by atoms with Crippen molar-refractivity contribution in [2.45, 2.75) is 31.5 Å². The average molecular weight is 373 g/mol. The second-order valence-electron chi connectivity index (χ2n) is 7.11. The van der Waals surface area contributed by atoms with Crippen LogP contribution in [0.5, 0.6) is 0 Å². The summed E-state index contributed by atoms with van der Waals surface area (Å²) in [7, 11) is 0. The lowest BCUT2D eigenvalue weighted by Gasteiger charge is -2.38. The molecule has 1 aliphatic carbocycles. The lowest BCUT2D eigenvalue weighted by molar-refractivity contribution is -0.137. The molecule has 0 saturated carbocycles. The first-order chi connectivity index (χ1) is 12.8. The van der Waals surface area contributed by atoms with Crippen LogP contribution < -0.4 is 5.32 Å². The zero-order valence-corrected chi connectivity index (χ0v) is 14.5. The Morgan fingerprint density at radius 2 is 2.00 bits per heavy atom. The SMILES string of the molecule is Cc1c(C(=O)O)ccc2c1N[C@H](c1cccc(C(F)(F)F)c1)[C@@H]1CC=C[C@H]21. The molecule has 2 aromatic rings. The average Bonchev–Trinajstić information content (AvgIpc) is 3.10. The third kappa shape index (κ3) is 2.89. The number of carboxylic acids is 1. The fourth-order valence-corrected chi connectivity index (χ4v) is 4.28. The van der Waals surface area contributed by atoms with Gasteiger partial charge in [0, 0.05) is 11.6 Å². The van der Waals surface area contributed by atoms with Gasteiger partial charge in [-0.1, -0.05) is 30.4 Å². The predicted molar refractivity (Wildman–Crippen MR) is 95.9 cm³/mol. The normalized spacial score (nSPS) is 23.5. The molecule has 2 N–H and O–H groups in total. The molecule has 0 fully saturated rings. The Labute approximate surface area is 154 Å². The summed E-state index contributed by atoms with van der Waals surface area (Å²) in [6.07, 6.45) is 0.484. The van der Waals surface area contributed by atoms with Crippen LogP contribution in [-0.2, 0) is 6.18 Å². The largest absolute Gasteiger partial charge is 0.478 e. The maximum atomic E-state index is 13.1. The minimum Gasteiger partial charge on any atom is -0.478 e. The van der Waals surface area contributed by atoms with Crippen LogP contribution in [0.1, 0.15) is 51.0 Å². The highest BCUT2D eigenvalue weighted by Gasteiger charge is 2.40. The Morgan fingerprint density at radius 3 is 2.70 bits per heavy atom. The number of hydrogen-bond donors (Lipinski definition) is 2. The van der Waals surface area contributed by atoms with Gasteiger partial charge in [-0.3, -0.25) is 0 Å². The minimum absolute atomic E-state index is 0.0577. The van der Waals surface area contributed by atoms with Crippen LogP contribution >= 0.6 is 0 Å². The van der Waals surface area contributed by atoms with Crippen molar-refractivity contribution in [3.63, 3.8) is 0 Å². The number of hydrogen-bond acceptors (Lipinski definition) is 2. The van der Waals surface area contributed by atoms with Crippen molar-refractivity contribution in [3.05, 3.63) is 76.4 Å². The summed E-state index contributed by atoms with van der Waals surface area (Å²) in [4.78, 5) is 11.5. The van der Waals surface area contributed by atoms with Crippen LogP contribution in [0.3, 0.4) is 0 Å². The van der Waals surface area contributed by atoms with E-state index in [2.05, 4.69) is 11.4 Å². The topological polar surface area (TPSA) is 49.3 Å². The first-order valence-electron chi connectivity index (χ1n) is 8.74. The van der Waals surface area contributed by atoms with E-state index in [4.69, 9.17) is 0 Å². The molecule has 2 aliphatic rings. The molecule has 140 valence electrons. The number of anilines is 1. The van der Waals surface area contributed by atoms with Gasteiger partial charge in [-0.2, -0.15) is 13.2 Å². The molecule has 0 aromatic heterocycles. The summed E-state index contributed by atoms with van der Waals surface area (Å²) in [5.74, 6) is -0.866. The number of allylic oxidation sites excluding steroid dienone is 2. The number of alkyl halides is 3. The quantitative estimate of drug-likeness (QED) is 0.680. The number of aromatic carboxylic acids is 1. The summed E-state index contributed by atoms with van der Waals surface area (Å²) in [5, 5.41) is 12.8. The highest BCUT2D eigenvalue weighted by atomic mass is 19.4. The van der Waals surface area contributed by atoms with Gasteiger partial charge in [0.2, 0.25) is 0 Å². The van der Waals surface area contributed by atoms with Gasteiger partial charge in [-0.05, 0) is 54.2 Å². The summed E-state index contributed by atoms with van der Waals surface area (Å²) in [6.45, 7) is 1.73. The van der Waals surface area contributed by atoms with E-state index in [-0.39, 0.29) is 23.4 Å². The Kier molecular flexibility index (Phi) is 4.02. The molecule has 1 heterocycles. The second kappa shape index (κ2) is 6.15. The van der Waals surface area contributed by atoms with Crippen molar-refractivity contribution in [2.24, 2.45) is 5.92 Å². The third-order valence-electron chi connectivity index (χ3n) is 5.60. The van der Waals surface area contributed by atoms with Crippen LogP contribution in [0.15, 0.2) is 48.6 Å². The van der Waals surface area contributed by atoms with Gasteiger partial charge in [-0.25, -0.2) is 4.79 Å². The van der Waals surface area contributed by atoms with Gasteiger partial charge < -0.3 is 10.4 Å². The molecule has 3 nitrogen and oxygen atoms in total. The number of carbonyl (C=O) groups is 1. The maximum Gasteiger partial charge on any atom is 0.416 e. The van der Waals surface area contributed by atoms with Crippen LogP contribution in [0.4, 0.5) is 18.9 Å². The Hall–Kier alpha value is -2.76. The first kappa shape index (κ1) is 17.6. The minimum atomic E-state index is -4.40. The summed E-state index contributed by atoms with van der Waals surface area (Å²) < 4.78 is 39.4. The van der Waals surface area contributed by atoms with Gasteiger partial charge >= 0.3 is 12.1 Å². The number of halogens is 3. The number of carboxylic acid groups (broad SMARTS) is 1. The van der Waals surface area contributed by atoms with Gasteiger partial charge in [0.05, 0.1) is 17.2 Å². The zero-order valence-electron chi connectivity index (χ0n) is 14.5. The molecule has 0 saturated heterocycles. The molecule has 4 rings (SSSR count). The van der Waals surface area contributed by atoms with Gasteiger partial charge in [0.1, 0.15) is 0 Å². The molecule has 0 amide bonds. The van der Waals surface area contributed by atoms with Crippen LogP contribution in [0.25, 0.3) is 0 Å². The summed E-state index contributed by atoms with van der Waals surface area (Å²) >= 11 is 0. The number of nitrogens with one attached hydrogen (secondary N) is 1. The molecule has 2 aromatic carbocycles. The van der Waals surface area contributed by atoms with Gasteiger partial charge in [-0.15, -0.1) is 0 Å². The first-order valence-corrected chi connectivity index (χ1v) is 8.74. The molecular weight excluding hydrogens is 355 g/mol. The Balaban J connectivity index is 1.82. The van der Waals surface area contributed by atoms with Crippen molar-refractivity contribution in [2.75, 3.05) is 5.32 Å². The molecule has 1 aliphatic heterocycles. The molecule has 0 radical (unpaired) electrons.